The van der Waals surface area contributed by atoms with Crippen LogP contribution in [0.2, 0.25) is 5.28 Å². The van der Waals surface area contributed by atoms with Crippen molar-refractivity contribution < 1.29 is 4.74 Å². The van der Waals surface area contributed by atoms with Crippen LogP contribution in [0.15, 0.2) is 6.07 Å². The molecule has 21 heavy (non-hydrogen) atoms. The lowest BCUT2D eigenvalue weighted by molar-refractivity contribution is 0.297. The SMILES string of the molecule is CCCCCCCCOc1nc(Cl)nc2sc(CC)cc12. The Morgan fingerprint density at radius 2 is 1.86 bits per heavy atom. The normalized spacial score (nSPS) is 11.2. The molecule has 0 spiro atoms. The van der Waals surface area contributed by atoms with Crippen LogP contribution >= 0.6 is 22.9 Å². The van der Waals surface area contributed by atoms with Crippen LogP contribution in [0.25, 0.3) is 10.2 Å². The average Bonchev–Trinajstić information content (AvgIpc) is 2.89. The van der Waals surface area contributed by atoms with Gasteiger partial charge in [0.1, 0.15) is 4.83 Å². The number of nitrogens with zero attached hydrogens (tertiary/aromatic N) is 2. The van der Waals surface area contributed by atoms with E-state index in [1.807, 2.05) is 0 Å². The van der Waals surface area contributed by atoms with Crippen LogP contribution in [0.1, 0.15) is 57.2 Å². The fourth-order valence-electron chi connectivity index (χ4n) is 2.26. The maximum absolute atomic E-state index is 5.98. The van der Waals surface area contributed by atoms with E-state index in [4.69, 9.17) is 16.3 Å². The van der Waals surface area contributed by atoms with Gasteiger partial charge in [-0.1, -0.05) is 46.0 Å². The van der Waals surface area contributed by atoms with Gasteiger partial charge in [0.25, 0.3) is 0 Å². The second-order valence-corrected chi connectivity index (χ2v) is 6.65. The summed E-state index contributed by atoms with van der Waals surface area (Å²) in [6.07, 6.45) is 8.50. The van der Waals surface area contributed by atoms with Gasteiger partial charge >= 0.3 is 0 Å². The van der Waals surface area contributed by atoms with Crippen LogP contribution < -0.4 is 4.74 Å². The molecule has 116 valence electrons. The number of thiophene rings is 1. The standard InChI is InChI=1S/C16H23ClN2OS/c1-3-5-6-7-8-9-10-20-14-13-11-12(4-2)21-15(13)19-16(17)18-14/h11H,3-10H2,1-2H3. The molecular weight excluding hydrogens is 304 g/mol. The summed E-state index contributed by atoms with van der Waals surface area (Å²) in [5.74, 6) is 0.634. The molecular formula is C16H23ClN2OS. The highest BCUT2D eigenvalue weighted by Crippen LogP contribution is 2.31. The van der Waals surface area contributed by atoms with E-state index in [1.165, 1.54) is 37.0 Å². The van der Waals surface area contributed by atoms with E-state index in [2.05, 4.69) is 29.9 Å². The monoisotopic (exact) mass is 326 g/mol. The zero-order valence-corrected chi connectivity index (χ0v) is 14.4. The first kappa shape index (κ1) is 16.5. The Labute approximate surface area is 135 Å². The van der Waals surface area contributed by atoms with Crippen molar-refractivity contribution in [1.82, 2.24) is 9.97 Å². The number of ether oxygens (including phenoxy) is 1. The van der Waals surface area contributed by atoms with Crippen LogP contribution in [0.4, 0.5) is 0 Å². The Morgan fingerprint density at radius 1 is 1.10 bits per heavy atom. The Kier molecular flexibility index (Phi) is 6.71. The van der Waals surface area contributed by atoms with Gasteiger partial charge in [0.05, 0.1) is 12.0 Å². The molecule has 5 heteroatoms. The molecule has 0 aliphatic rings. The fraction of sp³-hybridized carbons (Fsp3) is 0.625. The van der Waals surface area contributed by atoms with Crippen molar-refractivity contribution in [3.8, 4) is 5.88 Å². The van der Waals surface area contributed by atoms with Crippen molar-refractivity contribution in [2.45, 2.75) is 58.8 Å². The molecule has 2 rings (SSSR count). The first-order chi connectivity index (χ1) is 10.2. The Bertz CT molecular complexity index is 571. The molecule has 0 saturated heterocycles. The van der Waals surface area contributed by atoms with Crippen LogP contribution in [0, 0.1) is 0 Å². The van der Waals surface area contributed by atoms with Crippen molar-refractivity contribution in [2.24, 2.45) is 0 Å². The highest BCUT2D eigenvalue weighted by Gasteiger charge is 2.11. The van der Waals surface area contributed by atoms with Gasteiger partial charge in [-0.25, -0.2) is 4.98 Å². The summed E-state index contributed by atoms with van der Waals surface area (Å²) in [4.78, 5) is 10.7. The van der Waals surface area contributed by atoms with Crippen LogP contribution in [0.5, 0.6) is 5.88 Å². The Hall–Kier alpha value is -0.870. The van der Waals surface area contributed by atoms with E-state index in [1.54, 1.807) is 11.3 Å². The molecule has 0 amide bonds. The molecule has 0 aliphatic carbocycles. The number of rotatable bonds is 9. The van der Waals surface area contributed by atoms with Crippen LogP contribution in [-0.2, 0) is 6.42 Å². The van der Waals surface area contributed by atoms with Gasteiger partial charge in [0, 0.05) is 4.88 Å². The van der Waals surface area contributed by atoms with Crippen LogP contribution in [0.3, 0.4) is 0 Å². The predicted molar refractivity (Wildman–Crippen MR) is 90.7 cm³/mol. The topological polar surface area (TPSA) is 35.0 Å². The largest absolute Gasteiger partial charge is 0.477 e. The summed E-state index contributed by atoms with van der Waals surface area (Å²) >= 11 is 7.64. The molecule has 0 radical (unpaired) electrons. The molecule has 2 heterocycles. The van der Waals surface area contributed by atoms with E-state index in [0.717, 1.165) is 23.1 Å². The maximum atomic E-state index is 5.98. The second-order valence-electron chi connectivity index (χ2n) is 5.20. The zero-order chi connectivity index (χ0) is 15.1. The number of aryl methyl sites for hydroxylation is 1. The van der Waals surface area contributed by atoms with Gasteiger partial charge in [-0.2, -0.15) is 4.98 Å². The van der Waals surface area contributed by atoms with E-state index in [0.29, 0.717) is 12.5 Å². The molecule has 0 unspecified atom stereocenters. The molecule has 0 N–H and O–H groups in total. The predicted octanol–water partition coefficient (Wildman–Crippen LogP) is 5.65. The summed E-state index contributed by atoms with van der Waals surface area (Å²) in [7, 11) is 0. The number of hydrogen-bond acceptors (Lipinski definition) is 4. The molecule has 0 aliphatic heterocycles. The minimum absolute atomic E-state index is 0.268. The first-order valence-electron chi connectivity index (χ1n) is 7.83. The van der Waals surface area contributed by atoms with E-state index in [-0.39, 0.29) is 5.28 Å². The molecule has 0 atom stereocenters. The lowest BCUT2D eigenvalue weighted by atomic mass is 10.1. The van der Waals surface area contributed by atoms with Crippen molar-refractivity contribution in [2.75, 3.05) is 6.61 Å². The first-order valence-corrected chi connectivity index (χ1v) is 9.02. The quantitative estimate of drug-likeness (QED) is 0.441. The summed E-state index contributed by atoms with van der Waals surface area (Å²) in [5.41, 5.74) is 0. The third-order valence-electron chi connectivity index (χ3n) is 3.47. The molecule has 3 nitrogen and oxygen atoms in total. The van der Waals surface area contributed by atoms with E-state index < -0.39 is 0 Å². The second kappa shape index (κ2) is 8.54. The number of halogens is 1. The number of unbranched alkanes of at least 4 members (excludes halogenated alkanes) is 5. The number of hydrogen-bond donors (Lipinski definition) is 0. The zero-order valence-electron chi connectivity index (χ0n) is 12.8. The van der Waals surface area contributed by atoms with Gasteiger partial charge < -0.3 is 4.74 Å². The minimum atomic E-state index is 0.268. The molecule has 2 aromatic rings. The van der Waals surface area contributed by atoms with Crippen molar-refractivity contribution >= 4 is 33.2 Å². The molecule has 0 aromatic carbocycles. The summed E-state index contributed by atoms with van der Waals surface area (Å²) in [5, 5.41) is 1.26. The fourth-order valence-corrected chi connectivity index (χ4v) is 3.43. The number of aromatic nitrogens is 2. The van der Waals surface area contributed by atoms with Gasteiger partial charge in [-0.15, -0.1) is 11.3 Å². The molecule has 0 saturated carbocycles. The third kappa shape index (κ3) is 4.82. The smallest absolute Gasteiger partial charge is 0.227 e. The Balaban J connectivity index is 1.90. The van der Waals surface area contributed by atoms with E-state index in [9.17, 15) is 0 Å². The van der Waals surface area contributed by atoms with Crippen LogP contribution in [-0.4, -0.2) is 16.6 Å². The highest BCUT2D eigenvalue weighted by molar-refractivity contribution is 7.18. The van der Waals surface area contributed by atoms with Gasteiger partial charge in [-0.05, 0) is 30.5 Å². The third-order valence-corrected chi connectivity index (χ3v) is 4.81. The summed E-state index contributed by atoms with van der Waals surface area (Å²) in [6, 6.07) is 2.12. The Morgan fingerprint density at radius 3 is 2.62 bits per heavy atom. The summed E-state index contributed by atoms with van der Waals surface area (Å²) in [6.45, 7) is 5.07. The van der Waals surface area contributed by atoms with Crippen molar-refractivity contribution in [3.63, 3.8) is 0 Å². The average molecular weight is 327 g/mol. The molecule has 0 bridgehead atoms. The van der Waals surface area contributed by atoms with Gasteiger partial charge in [-0.3, -0.25) is 0 Å². The highest BCUT2D eigenvalue weighted by atomic mass is 35.5. The van der Waals surface area contributed by atoms with Gasteiger partial charge in [0.2, 0.25) is 11.2 Å². The van der Waals surface area contributed by atoms with E-state index >= 15 is 0 Å². The molecule has 0 fully saturated rings. The van der Waals surface area contributed by atoms with Gasteiger partial charge in [0.15, 0.2) is 0 Å². The lowest BCUT2D eigenvalue weighted by Crippen LogP contribution is -2.00. The summed E-state index contributed by atoms with van der Waals surface area (Å²) < 4.78 is 5.84. The van der Waals surface area contributed by atoms with Crippen molar-refractivity contribution in [1.29, 1.82) is 0 Å². The van der Waals surface area contributed by atoms with Crippen molar-refractivity contribution in [3.05, 3.63) is 16.2 Å². The number of fused-ring (bicyclic) bond motifs is 1. The lowest BCUT2D eigenvalue weighted by Gasteiger charge is -2.06. The minimum Gasteiger partial charge on any atom is -0.477 e. The molecule has 2 aromatic heterocycles. The maximum Gasteiger partial charge on any atom is 0.227 e.